The van der Waals surface area contributed by atoms with Crippen molar-refractivity contribution in [2.24, 2.45) is 11.3 Å². The zero-order valence-corrected chi connectivity index (χ0v) is 13.0. The molecule has 2 saturated carbocycles. The van der Waals surface area contributed by atoms with Gasteiger partial charge in [-0.05, 0) is 49.3 Å². The first-order valence-corrected chi connectivity index (χ1v) is 8.49. The molecule has 0 aliphatic heterocycles. The van der Waals surface area contributed by atoms with E-state index in [1.807, 2.05) is 0 Å². The summed E-state index contributed by atoms with van der Waals surface area (Å²) in [4.78, 5) is 0. The van der Waals surface area contributed by atoms with Crippen molar-refractivity contribution in [2.45, 2.75) is 71.3 Å². The Morgan fingerprint density at radius 3 is 2.40 bits per heavy atom. The smallest absolute Gasteiger partial charge is 0.119 e. The molecule has 0 heterocycles. The Balaban J connectivity index is 1.66. The van der Waals surface area contributed by atoms with E-state index in [1.54, 1.807) is 0 Å². The van der Waals surface area contributed by atoms with E-state index in [-0.39, 0.29) is 0 Å². The Kier molecular flexibility index (Phi) is 4.05. The minimum absolute atomic E-state index is 0.458. The molecule has 0 bridgehead atoms. The van der Waals surface area contributed by atoms with Gasteiger partial charge < -0.3 is 4.74 Å². The van der Waals surface area contributed by atoms with Crippen molar-refractivity contribution in [2.75, 3.05) is 0 Å². The molecule has 0 unspecified atom stereocenters. The maximum absolute atomic E-state index is 6.39. The Labute approximate surface area is 123 Å². The first-order chi connectivity index (χ1) is 9.73. The highest BCUT2D eigenvalue weighted by molar-refractivity contribution is 5.28. The van der Waals surface area contributed by atoms with E-state index in [1.165, 1.54) is 56.9 Å². The Morgan fingerprint density at radius 2 is 1.80 bits per heavy atom. The second-order valence-corrected chi connectivity index (χ2v) is 7.04. The molecular weight excluding hydrogens is 244 g/mol. The van der Waals surface area contributed by atoms with Gasteiger partial charge in [0.1, 0.15) is 11.9 Å². The molecule has 2 atom stereocenters. The van der Waals surface area contributed by atoms with Gasteiger partial charge in [-0.2, -0.15) is 0 Å². The molecule has 2 aliphatic carbocycles. The summed E-state index contributed by atoms with van der Waals surface area (Å²) >= 11 is 0. The third kappa shape index (κ3) is 2.60. The van der Waals surface area contributed by atoms with Crippen molar-refractivity contribution in [1.82, 2.24) is 0 Å². The predicted octanol–water partition coefficient (Wildman–Crippen LogP) is 5.38. The first kappa shape index (κ1) is 14.0. The van der Waals surface area contributed by atoms with Crippen molar-refractivity contribution in [1.29, 1.82) is 0 Å². The molecule has 2 aliphatic rings. The third-order valence-electron chi connectivity index (χ3n) is 5.42. The average molecular weight is 272 g/mol. The molecule has 1 aromatic rings. The molecule has 0 aromatic heterocycles. The summed E-state index contributed by atoms with van der Waals surface area (Å²) in [7, 11) is 0. The first-order valence-electron chi connectivity index (χ1n) is 8.49. The van der Waals surface area contributed by atoms with Crippen LogP contribution < -0.4 is 4.74 Å². The second kappa shape index (κ2) is 5.79. The minimum Gasteiger partial charge on any atom is -0.490 e. The van der Waals surface area contributed by atoms with Crippen LogP contribution in [0.25, 0.3) is 0 Å². The number of benzene rings is 1. The molecule has 1 heteroatoms. The summed E-state index contributed by atoms with van der Waals surface area (Å²) in [5, 5.41) is 0. The fourth-order valence-electron chi connectivity index (χ4n) is 4.46. The Hall–Kier alpha value is -0.980. The lowest BCUT2D eigenvalue weighted by molar-refractivity contribution is -0.116. The van der Waals surface area contributed by atoms with Gasteiger partial charge in [-0.25, -0.2) is 0 Å². The quantitative estimate of drug-likeness (QED) is 0.715. The second-order valence-electron chi connectivity index (χ2n) is 7.04. The van der Waals surface area contributed by atoms with Crippen molar-refractivity contribution >= 4 is 0 Å². The SMILES string of the molecule is CCCc1ccc(O[C@@H]2[C@@H](C)CC23CCCCC3)cc1. The van der Waals surface area contributed by atoms with E-state index in [9.17, 15) is 0 Å². The van der Waals surface area contributed by atoms with Crippen LogP contribution in [0.4, 0.5) is 0 Å². The zero-order chi connectivity index (χ0) is 14.0. The highest BCUT2D eigenvalue weighted by Gasteiger charge is 2.53. The summed E-state index contributed by atoms with van der Waals surface area (Å²) in [5.74, 6) is 1.80. The molecule has 20 heavy (non-hydrogen) atoms. The molecule has 2 fully saturated rings. The van der Waals surface area contributed by atoms with E-state index in [2.05, 4.69) is 38.1 Å². The highest BCUT2D eigenvalue weighted by atomic mass is 16.5. The normalized spacial score (nSPS) is 28.1. The highest BCUT2D eigenvalue weighted by Crippen LogP contribution is 2.56. The molecular formula is C19H28O. The summed E-state index contributed by atoms with van der Waals surface area (Å²) in [5.41, 5.74) is 1.94. The molecule has 1 spiro atoms. The average Bonchev–Trinajstić information content (AvgIpc) is 2.48. The van der Waals surface area contributed by atoms with Crippen LogP contribution in [0.2, 0.25) is 0 Å². The molecule has 3 rings (SSSR count). The molecule has 1 nitrogen and oxygen atoms in total. The number of ether oxygens (including phenoxy) is 1. The van der Waals surface area contributed by atoms with Gasteiger partial charge in [0.05, 0.1) is 0 Å². The fourth-order valence-corrected chi connectivity index (χ4v) is 4.46. The number of hydrogen-bond acceptors (Lipinski definition) is 1. The third-order valence-corrected chi connectivity index (χ3v) is 5.42. The zero-order valence-electron chi connectivity index (χ0n) is 13.0. The van der Waals surface area contributed by atoms with Gasteiger partial charge in [0.2, 0.25) is 0 Å². The molecule has 0 amide bonds. The predicted molar refractivity (Wildman–Crippen MR) is 84.2 cm³/mol. The van der Waals surface area contributed by atoms with Crippen LogP contribution in [0.15, 0.2) is 24.3 Å². The molecule has 110 valence electrons. The van der Waals surface area contributed by atoms with Crippen LogP contribution >= 0.6 is 0 Å². The standard InChI is InChI=1S/C19H28O/c1-3-7-16-8-10-17(11-9-16)20-18-15(2)14-19(18)12-5-4-6-13-19/h8-11,15,18H,3-7,12-14H2,1-2H3/t15-,18+/m0/s1. The van der Waals surface area contributed by atoms with Gasteiger partial charge in [-0.1, -0.05) is 51.7 Å². The lowest BCUT2D eigenvalue weighted by Crippen LogP contribution is -2.55. The van der Waals surface area contributed by atoms with Gasteiger partial charge in [-0.15, -0.1) is 0 Å². The van der Waals surface area contributed by atoms with Gasteiger partial charge in [0.25, 0.3) is 0 Å². The van der Waals surface area contributed by atoms with Crippen LogP contribution in [0.3, 0.4) is 0 Å². The van der Waals surface area contributed by atoms with Crippen molar-refractivity contribution in [3.8, 4) is 5.75 Å². The molecule has 0 N–H and O–H groups in total. The van der Waals surface area contributed by atoms with E-state index in [0.717, 1.165) is 11.7 Å². The maximum Gasteiger partial charge on any atom is 0.119 e. The molecule has 0 saturated heterocycles. The van der Waals surface area contributed by atoms with Crippen LogP contribution in [0, 0.1) is 11.3 Å². The Bertz CT molecular complexity index is 422. The van der Waals surface area contributed by atoms with E-state index in [4.69, 9.17) is 4.74 Å². The van der Waals surface area contributed by atoms with Gasteiger partial charge in [-0.3, -0.25) is 0 Å². The van der Waals surface area contributed by atoms with Crippen molar-refractivity contribution in [3.05, 3.63) is 29.8 Å². The number of hydrogen-bond donors (Lipinski definition) is 0. The topological polar surface area (TPSA) is 9.23 Å². The van der Waals surface area contributed by atoms with Crippen LogP contribution in [-0.2, 0) is 6.42 Å². The molecule has 1 aromatic carbocycles. The van der Waals surface area contributed by atoms with Crippen LogP contribution in [-0.4, -0.2) is 6.10 Å². The lowest BCUT2D eigenvalue weighted by Gasteiger charge is -2.55. The van der Waals surface area contributed by atoms with Crippen LogP contribution in [0.5, 0.6) is 5.75 Å². The van der Waals surface area contributed by atoms with Crippen molar-refractivity contribution in [3.63, 3.8) is 0 Å². The molecule has 0 radical (unpaired) electrons. The van der Waals surface area contributed by atoms with Crippen LogP contribution in [0.1, 0.15) is 64.4 Å². The van der Waals surface area contributed by atoms with E-state index in [0.29, 0.717) is 11.5 Å². The van der Waals surface area contributed by atoms with Crippen molar-refractivity contribution < 1.29 is 4.74 Å². The number of aryl methyl sites for hydroxylation is 1. The van der Waals surface area contributed by atoms with Gasteiger partial charge >= 0.3 is 0 Å². The van der Waals surface area contributed by atoms with E-state index < -0.39 is 0 Å². The van der Waals surface area contributed by atoms with Gasteiger partial charge in [0.15, 0.2) is 0 Å². The van der Waals surface area contributed by atoms with Gasteiger partial charge in [0, 0.05) is 5.41 Å². The monoisotopic (exact) mass is 272 g/mol. The minimum atomic E-state index is 0.458. The summed E-state index contributed by atoms with van der Waals surface area (Å²) < 4.78 is 6.39. The largest absolute Gasteiger partial charge is 0.490 e. The Morgan fingerprint density at radius 1 is 1.10 bits per heavy atom. The summed E-state index contributed by atoms with van der Waals surface area (Å²) in [6, 6.07) is 8.81. The van der Waals surface area contributed by atoms with E-state index >= 15 is 0 Å². The summed E-state index contributed by atoms with van der Waals surface area (Å²) in [6.45, 7) is 4.59. The lowest BCUT2D eigenvalue weighted by atomic mass is 9.54. The number of rotatable bonds is 4. The summed E-state index contributed by atoms with van der Waals surface area (Å²) in [6.07, 6.45) is 11.2. The fraction of sp³-hybridized carbons (Fsp3) is 0.684. The maximum atomic E-state index is 6.39.